The molecule has 8 heteroatoms. The maximum atomic E-state index is 13.2. The van der Waals surface area contributed by atoms with Gasteiger partial charge in [-0.3, -0.25) is 9.69 Å². The molecule has 32 heavy (non-hydrogen) atoms. The van der Waals surface area contributed by atoms with Crippen LogP contribution >= 0.6 is 0 Å². The standard InChI is InChI=1S/C24H35F3N2O3/c1-4-31-23(32-5-2)13-9-12-20(22(23)29-14-6-7-15-29)28(3)21(30)17-18-10-8-11-19(16-18)24(25,26)27/h8,10-11,16,20,22H,4-7,9,12-15,17H2,1-3H3. The van der Waals surface area contributed by atoms with Crippen molar-refractivity contribution in [2.45, 2.75) is 76.4 Å². The third-order valence-electron chi connectivity index (χ3n) is 6.65. The second-order valence-corrected chi connectivity index (χ2v) is 8.70. The average Bonchev–Trinajstić information content (AvgIpc) is 3.27. The van der Waals surface area contributed by atoms with Crippen molar-refractivity contribution >= 4 is 5.91 Å². The van der Waals surface area contributed by atoms with Gasteiger partial charge < -0.3 is 14.4 Å². The van der Waals surface area contributed by atoms with E-state index < -0.39 is 17.5 Å². The number of ether oxygens (including phenoxy) is 2. The van der Waals surface area contributed by atoms with E-state index in [0.717, 1.165) is 57.3 Å². The number of benzene rings is 1. The summed E-state index contributed by atoms with van der Waals surface area (Å²) in [4.78, 5) is 17.3. The number of amides is 1. The number of likely N-dealkylation sites (N-methyl/N-ethyl adjacent to an activating group) is 1. The summed E-state index contributed by atoms with van der Waals surface area (Å²) in [6.07, 6.45) is 0.134. The molecule has 0 bridgehead atoms. The molecule has 0 aromatic heterocycles. The van der Waals surface area contributed by atoms with Crippen LogP contribution in [0, 0.1) is 0 Å². The SMILES string of the molecule is CCOC1(OCC)CCCC(N(C)C(=O)Cc2cccc(C(F)(F)F)c2)C1N1CCCC1. The number of hydrogen-bond acceptors (Lipinski definition) is 4. The van der Waals surface area contributed by atoms with E-state index in [1.54, 1.807) is 18.0 Å². The van der Waals surface area contributed by atoms with Crippen LogP contribution in [-0.2, 0) is 26.9 Å². The minimum absolute atomic E-state index is 0.0695. The zero-order chi connectivity index (χ0) is 23.4. The van der Waals surface area contributed by atoms with Gasteiger partial charge in [0.25, 0.3) is 0 Å². The summed E-state index contributed by atoms with van der Waals surface area (Å²) in [6.45, 7) is 6.79. The Morgan fingerprint density at radius 2 is 1.81 bits per heavy atom. The number of likely N-dealkylation sites (tertiary alicyclic amines) is 1. The summed E-state index contributed by atoms with van der Waals surface area (Å²) in [5.41, 5.74) is -0.365. The van der Waals surface area contributed by atoms with Crippen LogP contribution in [0.1, 0.15) is 57.1 Å². The number of nitrogens with zero attached hydrogens (tertiary/aromatic N) is 2. The van der Waals surface area contributed by atoms with Gasteiger partial charge in [0.05, 0.1) is 24.1 Å². The summed E-state index contributed by atoms with van der Waals surface area (Å²) < 4.78 is 51.7. The van der Waals surface area contributed by atoms with Crippen molar-refractivity contribution in [1.29, 1.82) is 0 Å². The first-order valence-electron chi connectivity index (χ1n) is 11.7. The number of alkyl halides is 3. The van der Waals surface area contributed by atoms with Crippen molar-refractivity contribution in [3.05, 3.63) is 35.4 Å². The van der Waals surface area contributed by atoms with Crippen LogP contribution in [0.4, 0.5) is 13.2 Å². The number of carbonyl (C=O) groups is 1. The molecule has 2 unspecified atom stereocenters. The van der Waals surface area contributed by atoms with Crippen LogP contribution in [0.2, 0.25) is 0 Å². The summed E-state index contributed by atoms with van der Waals surface area (Å²) in [7, 11) is 1.76. The zero-order valence-electron chi connectivity index (χ0n) is 19.3. The van der Waals surface area contributed by atoms with Gasteiger partial charge in [0.2, 0.25) is 5.91 Å². The lowest BCUT2D eigenvalue weighted by Gasteiger charge is -2.52. The van der Waals surface area contributed by atoms with E-state index in [1.807, 2.05) is 13.8 Å². The number of carbonyl (C=O) groups excluding carboxylic acids is 1. The average molecular weight is 457 g/mol. The van der Waals surface area contributed by atoms with Gasteiger partial charge in [-0.25, -0.2) is 0 Å². The van der Waals surface area contributed by atoms with Gasteiger partial charge in [-0.05, 0) is 64.3 Å². The lowest BCUT2D eigenvalue weighted by Crippen LogP contribution is -2.66. The minimum atomic E-state index is -4.43. The Hall–Kier alpha value is -1.64. The highest BCUT2D eigenvalue weighted by atomic mass is 19.4. The fourth-order valence-corrected chi connectivity index (χ4v) is 5.29. The molecule has 3 rings (SSSR count). The van der Waals surface area contributed by atoms with Gasteiger partial charge >= 0.3 is 6.18 Å². The molecule has 0 radical (unpaired) electrons. The van der Waals surface area contributed by atoms with Gasteiger partial charge in [0.15, 0.2) is 5.79 Å². The fraction of sp³-hybridized carbons (Fsp3) is 0.708. The summed E-state index contributed by atoms with van der Waals surface area (Å²) in [5, 5.41) is 0. The molecule has 1 amide bonds. The lowest BCUT2D eigenvalue weighted by atomic mass is 9.82. The van der Waals surface area contributed by atoms with Crippen molar-refractivity contribution in [1.82, 2.24) is 9.80 Å². The molecule has 5 nitrogen and oxygen atoms in total. The molecule has 1 aliphatic carbocycles. The molecule has 1 aromatic rings. The van der Waals surface area contributed by atoms with Crippen LogP contribution < -0.4 is 0 Å². The number of hydrogen-bond donors (Lipinski definition) is 0. The monoisotopic (exact) mass is 456 g/mol. The van der Waals surface area contributed by atoms with Gasteiger partial charge in [-0.1, -0.05) is 18.2 Å². The first-order chi connectivity index (χ1) is 15.2. The normalized spacial score (nSPS) is 23.9. The van der Waals surface area contributed by atoms with E-state index in [2.05, 4.69) is 4.90 Å². The molecule has 1 aliphatic heterocycles. The van der Waals surface area contributed by atoms with Gasteiger partial charge in [-0.2, -0.15) is 13.2 Å². The smallest absolute Gasteiger partial charge is 0.349 e. The molecular weight excluding hydrogens is 421 g/mol. The van der Waals surface area contributed by atoms with Crippen LogP contribution in [0.5, 0.6) is 0 Å². The van der Waals surface area contributed by atoms with Gasteiger partial charge in [-0.15, -0.1) is 0 Å². The second-order valence-electron chi connectivity index (χ2n) is 8.70. The van der Waals surface area contributed by atoms with E-state index in [9.17, 15) is 18.0 Å². The van der Waals surface area contributed by atoms with Crippen LogP contribution in [0.15, 0.2) is 24.3 Å². The van der Waals surface area contributed by atoms with Crippen molar-refractivity contribution < 1.29 is 27.4 Å². The molecule has 2 aliphatic rings. The molecule has 0 spiro atoms. The van der Waals surface area contributed by atoms with Crippen molar-refractivity contribution in [2.75, 3.05) is 33.4 Å². The third kappa shape index (κ3) is 5.46. The van der Waals surface area contributed by atoms with Gasteiger partial charge in [0.1, 0.15) is 0 Å². The van der Waals surface area contributed by atoms with Crippen molar-refractivity contribution in [2.24, 2.45) is 0 Å². The third-order valence-corrected chi connectivity index (χ3v) is 6.65. The predicted molar refractivity (Wildman–Crippen MR) is 116 cm³/mol. The molecule has 2 fully saturated rings. The molecule has 1 saturated carbocycles. The first kappa shape index (κ1) is 25.0. The quantitative estimate of drug-likeness (QED) is 0.541. The van der Waals surface area contributed by atoms with E-state index >= 15 is 0 Å². The molecular formula is C24H35F3N2O3. The van der Waals surface area contributed by atoms with Crippen LogP contribution in [-0.4, -0.2) is 66.9 Å². The Kier molecular flexibility index (Phi) is 8.22. The number of halogens is 3. The van der Waals surface area contributed by atoms with E-state index in [-0.39, 0.29) is 24.4 Å². The lowest BCUT2D eigenvalue weighted by molar-refractivity contribution is -0.286. The fourth-order valence-electron chi connectivity index (χ4n) is 5.29. The molecule has 180 valence electrons. The molecule has 1 aromatic carbocycles. The highest BCUT2D eigenvalue weighted by Crippen LogP contribution is 2.40. The highest BCUT2D eigenvalue weighted by Gasteiger charge is 2.52. The topological polar surface area (TPSA) is 42.0 Å². The van der Waals surface area contributed by atoms with Gasteiger partial charge in [0, 0.05) is 26.7 Å². The summed E-state index contributed by atoms with van der Waals surface area (Å²) in [6, 6.07) is 4.79. The zero-order valence-corrected chi connectivity index (χ0v) is 19.3. The minimum Gasteiger partial charge on any atom is -0.349 e. The molecule has 1 heterocycles. The Bertz CT molecular complexity index is 754. The maximum absolute atomic E-state index is 13.2. The summed E-state index contributed by atoms with van der Waals surface area (Å²) in [5.74, 6) is -0.969. The maximum Gasteiger partial charge on any atom is 0.416 e. The molecule has 1 saturated heterocycles. The Morgan fingerprint density at radius 3 is 2.41 bits per heavy atom. The van der Waals surface area contributed by atoms with E-state index in [1.165, 1.54) is 6.07 Å². The van der Waals surface area contributed by atoms with Crippen molar-refractivity contribution in [3.63, 3.8) is 0 Å². The number of rotatable bonds is 8. The second kappa shape index (κ2) is 10.5. The Labute approximate surface area is 188 Å². The van der Waals surface area contributed by atoms with Crippen molar-refractivity contribution in [3.8, 4) is 0 Å². The van der Waals surface area contributed by atoms with E-state index in [4.69, 9.17) is 9.47 Å². The Balaban J connectivity index is 1.84. The largest absolute Gasteiger partial charge is 0.416 e. The predicted octanol–water partition coefficient (Wildman–Crippen LogP) is 4.49. The Morgan fingerprint density at radius 1 is 1.16 bits per heavy atom. The van der Waals surface area contributed by atoms with Crippen LogP contribution in [0.25, 0.3) is 0 Å². The van der Waals surface area contributed by atoms with Crippen LogP contribution in [0.3, 0.4) is 0 Å². The van der Waals surface area contributed by atoms with E-state index in [0.29, 0.717) is 18.8 Å². The molecule has 0 N–H and O–H groups in total. The first-order valence-corrected chi connectivity index (χ1v) is 11.7. The summed E-state index contributed by atoms with van der Waals surface area (Å²) >= 11 is 0. The molecule has 2 atom stereocenters. The highest BCUT2D eigenvalue weighted by molar-refractivity contribution is 5.79.